The summed E-state index contributed by atoms with van der Waals surface area (Å²) in [5.41, 5.74) is 0. The van der Waals surface area contributed by atoms with Gasteiger partial charge in [0.25, 0.3) is 0 Å². The van der Waals surface area contributed by atoms with Crippen LogP contribution in [0.15, 0.2) is 48.6 Å². The molecule has 0 aliphatic rings. The van der Waals surface area contributed by atoms with Crippen molar-refractivity contribution in [3.8, 4) is 0 Å². The van der Waals surface area contributed by atoms with Crippen molar-refractivity contribution in [1.82, 2.24) is 0 Å². The Kier molecular flexibility index (Phi) is 51.8. The molecule has 6 heteroatoms. The third-order valence-corrected chi connectivity index (χ3v) is 12.3. The number of unbranched alkanes of at least 4 members (excludes halogenated alkanes) is 32. The lowest BCUT2D eigenvalue weighted by Crippen LogP contribution is -2.30. The van der Waals surface area contributed by atoms with Crippen molar-refractivity contribution in [3.05, 3.63) is 48.6 Å². The Morgan fingerprint density at radius 1 is 0.308 bits per heavy atom. The average molecular weight is 911 g/mol. The molecule has 0 aromatic rings. The largest absolute Gasteiger partial charge is 0.462 e. The number of carbonyl (C=O) groups is 3. The van der Waals surface area contributed by atoms with Crippen molar-refractivity contribution in [3.63, 3.8) is 0 Å². The topological polar surface area (TPSA) is 78.9 Å². The van der Waals surface area contributed by atoms with Crippen LogP contribution in [-0.2, 0) is 28.6 Å². The minimum atomic E-state index is -0.800. The molecule has 0 bridgehead atoms. The van der Waals surface area contributed by atoms with E-state index >= 15 is 0 Å². The molecule has 1 atom stereocenters. The standard InChI is InChI=1S/C59H106O6/c1-4-7-10-13-16-19-22-25-27-29-31-32-34-37-40-43-46-49-52-58(61)64-55-56(54-63-57(60)51-48-45-42-39-36-24-21-18-15-12-9-6-3)65-59(62)53-50-47-44-41-38-35-33-30-28-26-23-20-17-14-11-8-5-2/h26,28,31-33,35,41,44,56H,4-25,27,29-30,34,36-40,42-43,45-55H2,1-3H3/b28-26-,32-31-,35-33-,44-41-. The molecule has 0 rings (SSSR count). The Morgan fingerprint density at radius 3 is 0.923 bits per heavy atom. The van der Waals surface area contributed by atoms with Crippen molar-refractivity contribution < 1.29 is 28.6 Å². The summed E-state index contributed by atoms with van der Waals surface area (Å²) < 4.78 is 16.8. The number of esters is 3. The van der Waals surface area contributed by atoms with Gasteiger partial charge < -0.3 is 14.2 Å². The summed E-state index contributed by atoms with van der Waals surface area (Å²) in [6, 6.07) is 0. The van der Waals surface area contributed by atoms with E-state index in [4.69, 9.17) is 14.2 Å². The maximum atomic E-state index is 12.8. The van der Waals surface area contributed by atoms with Gasteiger partial charge in [-0.15, -0.1) is 0 Å². The summed E-state index contributed by atoms with van der Waals surface area (Å²) in [6.45, 7) is 6.61. The third kappa shape index (κ3) is 52.2. The van der Waals surface area contributed by atoms with Gasteiger partial charge in [0, 0.05) is 19.3 Å². The average Bonchev–Trinajstić information content (AvgIpc) is 3.30. The maximum Gasteiger partial charge on any atom is 0.306 e. The molecular weight excluding hydrogens is 805 g/mol. The molecule has 0 aliphatic heterocycles. The zero-order valence-electron chi connectivity index (χ0n) is 43.3. The molecule has 65 heavy (non-hydrogen) atoms. The van der Waals surface area contributed by atoms with E-state index in [1.807, 2.05) is 0 Å². The molecule has 0 saturated heterocycles. The van der Waals surface area contributed by atoms with Crippen molar-refractivity contribution in [2.75, 3.05) is 13.2 Å². The molecule has 0 fully saturated rings. The molecule has 0 spiro atoms. The normalized spacial score (nSPS) is 12.4. The fourth-order valence-electron chi connectivity index (χ4n) is 8.04. The molecule has 0 aromatic heterocycles. The van der Waals surface area contributed by atoms with E-state index in [2.05, 4.69) is 69.4 Å². The van der Waals surface area contributed by atoms with Crippen molar-refractivity contribution >= 4 is 17.9 Å². The molecule has 0 aliphatic carbocycles. The van der Waals surface area contributed by atoms with Gasteiger partial charge in [0.15, 0.2) is 6.10 Å². The van der Waals surface area contributed by atoms with E-state index in [0.717, 1.165) is 64.2 Å². The van der Waals surface area contributed by atoms with Crippen molar-refractivity contribution in [2.24, 2.45) is 0 Å². The molecule has 0 N–H and O–H groups in total. The molecule has 1 unspecified atom stereocenters. The summed E-state index contributed by atoms with van der Waals surface area (Å²) >= 11 is 0. The first-order chi connectivity index (χ1) is 32.0. The van der Waals surface area contributed by atoms with Crippen molar-refractivity contribution in [1.29, 1.82) is 0 Å². The van der Waals surface area contributed by atoms with Gasteiger partial charge in [0.2, 0.25) is 0 Å². The predicted molar refractivity (Wildman–Crippen MR) is 279 cm³/mol. The van der Waals surface area contributed by atoms with Gasteiger partial charge in [0.1, 0.15) is 13.2 Å². The highest BCUT2D eigenvalue weighted by atomic mass is 16.6. The Bertz CT molecular complexity index is 1140. The Balaban J connectivity index is 4.42. The van der Waals surface area contributed by atoms with E-state index < -0.39 is 6.10 Å². The van der Waals surface area contributed by atoms with Crippen LogP contribution in [0.25, 0.3) is 0 Å². The number of carbonyl (C=O) groups excluding carboxylic acids is 3. The summed E-state index contributed by atoms with van der Waals surface area (Å²) in [6.07, 6.45) is 65.3. The van der Waals surface area contributed by atoms with E-state index in [9.17, 15) is 14.4 Å². The van der Waals surface area contributed by atoms with Crippen molar-refractivity contribution in [2.45, 2.75) is 297 Å². The molecule has 0 heterocycles. The minimum Gasteiger partial charge on any atom is -0.462 e. The molecule has 6 nitrogen and oxygen atoms in total. The fourth-order valence-corrected chi connectivity index (χ4v) is 8.04. The van der Waals surface area contributed by atoms with E-state index in [-0.39, 0.29) is 37.5 Å². The van der Waals surface area contributed by atoms with Gasteiger partial charge in [-0.3, -0.25) is 14.4 Å². The second-order valence-electron chi connectivity index (χ2n) is 18.8. The highest BCUT2D eigenvalue weighted by Gasteiger charge is 2.19. The van der Waals surface area contributed by atoms with E-state index in [0.29, 0.717) is 19.3 Å². The minimum absolute atomic E-state index is 0.0930. The van der Waals surface area contributed by atoms with Crippen LogP contribution in [0, 0.1) is 0 Å². The van der Waals surface area contributed by atoms with Crippen LogP contribution in [0.3, 0.4) is 0 Å². The lowest BCUT2D eigenvalue weighted by molar-refractivity contribution is -0.167. The van der Waals surface area contributed by atoms with Gasteiger partial charge in [-0.05, 0) is 77.0 Å². The SMILES string of the molecule is CCCCCCCC/C=C\C/C=C\C/C=C\CCCC(=O)OC(COC(=O)CCCCCCC/C=C\CCCCCCCCCCC)COC(=O)CCCCCCCCCCCCCC. The highest BCUT2D eigenvalue weighted by Crippen LogP contribution is 2.15. The first-order valence-corrected chi connectivity index (χ1v) is 28.1. The number of hydrogen-bond donors (Lipinski definition) is 0. The first kappa shape index (κ1) is 62.4. The Labute approximate surface area is 403 Å². The molecule has 0 aromatic carbocycles. The first-order valence-electron chi connectivity index (χ1n) is 28.1. The lowest BCUT2D eigenvalue weighted by Gasteiger charge is -2.18. The smallest absolute Gasteiger partial charge is 0.306 e. The molecular formula is C59H106O6. The van der Waals surface area contributed by atoms with Gasteiger partial charge in [-0.2, -0.15) is 0 Å². The monoisotopic (exact) mass is 911 g/mol. The van der Waals surface area contributed by atoms with Gasteiger partial charge in [-0.1, -0.05) is 243 Å². The number of allylic oxidation sites excluding steroid dienone is 8. The zero-order valence-corrected chi connectivity index (χ0v) is 43.3. The second kappa shape index (κ2) is 54.0. The fraction of sp³-hybridized carbons (Fsp3) is 0.814. The van der Waals surface area contributed by atoms with Crippen LogP contribution in [0.1, 0.15) is 290 Å². The van der Waals surface area contributed by atoms with Crippen LogP contribution in [0.4, 0.5) is 0 Å². The van der Waals surface area contributed by atoms with Crippen LogP contribution in [-0.4, -0.2) is 37.2 Å². The number of hydrogen-bond acceptors (Lipinski definition) is 6. The predicted octanol–water partition coefficient (Wildman–Crippen LogP) is 18.7. The Hall–Kier alpha value is -2.63. The highest BCUT2D eigenvalue weighted by molar-refractivity contribution is 5.71. The summed E-state index contributed by atoms with van der Waals surface area (Å²) in [7, 11) is 0. The maximum absolute atomic E-state index is 12.8. The zero-order chi connectivity index (χ0) is 47.2. The van der Waals surface area contributed by atoms with Crippen LogP contribution in [0.2, 0.25) is 0 Å². The number of rotatable bonds is 51. The van der Waals surface area contributed by atoms with Crippen LogP contribution < -0.4 is 0 Å². The summed E-state index contributed by atoms with van der Waals surface area (Å²) in [4.78, 5) is 38.0. The van der Waals surface area contributed by atoms with Crippen LogP contribution >= 0.6 is 0 Å². The number of ether oxygens (including phenoxy) is 3. The van der Waals surface area contributed by atoms with Gasteiger partial charge in [-0.25, -0.2) is 0 Å². The van der Waals surface area contributed by atoms with Gasteiger partial charge in [0.05, 0.1) is 0 Å². The quantitative estimate of drug-likeness (QED) is 0.0262. The molecule has 378 valence electrons. The van der Waals surface area contributed by atoms with E-state index in [1.165, 1.54) is 180 Å². The summed E-state index contributed by atoms with van der Waals surface area (Å²) in [5, 5.41) is 0. The third-order valence-electron chi connectivity index (χ3n) is 12.3. The van der Waals surface area contributed by atoms with Gasteiger partial charge >= 0.3 is 17.9 Å². The summed E-state index contributed by atoms with van der Waals surface area (Å²) in [5.74, 6) is -0.943. The second-order valence-corrected chi connectivity index (χ2v) is 18.8. The van der Waals surface area contributed by atoms with E-state index in [1.54, 1.807) is 0 Å². The lowest BCUT2D eigenvalue weighted by atomic mass is 10.0. The Morgan fingerprint density at radius 2 is 0.569 bits per heavy atom. The molecule has 0 radical (unpaired) electrons. The van der Waals surface area contributed by atoms with Crippen LogP contribution in [0.5, 0.6) is 0 Å². The molecule has 0 saturated carbocycles. The molecule has 0 amide bonds.